The van der Waals surface area contributed by atoms with Crippen molar-refractivity contribution in [1.29, 1.82) is 0 Å². The highest BCUT2D eigenvalue weighted by Gasteiger charge is 2.23. The molecule has 0 saturated carbocycles. The standard InChI is InChI=1S/C26H21N3O4/c30-24(14-11-18-7-3-1-4-8-18)27-21(15-19-9-5-2-6-10-19)26-28-25(29-33-26)20-12-13-22-23(16-20)32-17-31-22/h1-14,16,21H,15,17H2,(H,27,30)/b14-11+. The van der Waals surface area contributed by atoms with Crippen molar-refractivity contribution in [3.8, 4) is 22.9 Å². The smallest absolute Gasteiger partial charge is 0.249 e. The Kier molecular flexibility index (Phi) is 5.84. The van der Waals surface area contributed by atoms with Crippen LogP contribution in [0.25, 0.3) is 17.5 Å². The molecule has 7 heteroatoms. The Bertz CT molecular complexity index is 1270. The number of hydrogen-bond donors (Lipinski definition) is 1. The van der Waals surface area contributed by atoms with Crippen LogP contribution in [-0.2, 0) is 11.2 Å². The number of nitrogens with zero attached hydrogens (tertiary/aromatic N) is 2. The molecular formula is C26H21N3O4. The van der Waals surface area contributed by atoms with E-state index in [9.17, 15) is 4.79 Å². The molecule has 164 valence electrons. The van der Waals surface area contributed by atoms with E-state index in [2.05, 4.69) is 15.5 Å². The summed E-state index contributed by atoms with van der Waals surface area (Å²) in [4.78, 5) is 17.2. The third kappa shape index (κ3) is 4.93. The van der Waals surface area contributed by atoms with E-state index in [1.807, 2.05) is 78.9 Å². The van der Waals surface area contributed by atoms with Crippen molar-refractivity contribution in [1.82, 2.24) is 15.5 Å². The number of amides is 1. The van der Waals surface area contributed by atoms with Crippen LogP contribution in [-0.4, -0.2) is 22.8 Å². The summed E-state index contributed by atoms with van der Waals surface area (Å²) in [6.45, 7) is 0.192. The summed E-state index contributed by atoms with van der Waals surface area (Å²) in [5.74, 6) is 1.81. The Morgan fingerprint density at radius 1 is 0.970 bits per heavy atom. The summed E-state index contributed by atoms with van der Waals surface area (Å²) in [5, 5.41) is 7.12. The lowest BCUT2D eigenvalue weighted by Crippen LogP contribution is -2.28. The molecule has 4 aromatic rings. The van der Waals surface area contributed by atoms with Crippen molar-refractivity contribution >= 4 is 12.0 Å². The molecule has 0 fully saturated rings. The van der Waals surface area contributed by atoms with Gasteiger partial charge in [0, 0.05) is 18.1 Å². The van der Waals surface area contributed by atoms with Crippen molar-refractivity contribution in [2.75, 3.05) is 6.79 Å². The Morgan fingerprint density at radius 2 is 1.73 bits per heavy atom. The number of ether oxygens (including phenoxy) is 2. The van der Waals surface area contributed by atoms with Crippen molar-refractivity contribution in [2.24, 2.45) is 0 Å². The molecule has 0 radical (unpaired) electrons. The number of carbonyl (C=O) groups is 1. The zero-order chi connectivity index (χ0) is 22.5. The van der Waals surface area contributed by atoms with Gasteiger partial charge in [-0.3, -0.25) is 4.79 Å². The first-order chi connectivity index (χ1) is 16.2. The Balaban J connectivity index is 1.37. The van der Waals surface area contributed by atoms with Crippen LogP contribution in [0.15, 0.2) is 89.5 Å². The van der Waals surface area contributed by atoms with Crippen LogP contribution < -0.4 is 14.8 Å². The van der Waals surface area contributed by atoms with E-state index in [-0.39, 0.29) is 12.7 Å². The lowest BCUT2D eigenvalue weighted by atomic mass is 10.1. The van der Waals surface area contributed by atoms with Crippen LogP contribution in [0.5, 0.6) is 11.5 Å². The fourth-order valence-corrected chi connectivity index (χ4v) is 3.54. The third-order valence-electron chi connectivity index (χ3n) is 5.20. The lowest BCUT2D eigenvalue weighted by Gasteiger charge is -2.14. The Labute approximate surface area is 190 Å². The molecular weight excluding hydrogens is 418 g/mol. The third-order valence-corrected chi connectivity index (χ3v) is 5.20. The quantitative estimate of drug-likeness (QED) is 0.424. The van der Waals surface area contributed by atoms with E-state index in [0.29, 0.717) is 29.6 Å². The van der Waals surface area contributed by atoms with Gasteiger partial charge in [-0.2, -0.15) is 4.98 Å². The van der Waals surface area contributed by atoms with Crippen LogP contribution in [0.1, 0.15) is 23.1 Å². The Morgan fingerprint density at radius 3 is 2.55 bits per heavy atom. The number of nitrogens with one attached hydrogen (secondary N) is 1. The van der Waals surface area contributed by atoms with Gasteiger partial charge in [-0.15, -0.1) is 0 Å². The maximum Gasteiger partial charge on any atom is 0.249 e. The summed E-state index contributed by atoms with van der Waals surface area (Å²) in [6, 6.07) is 24.5. The van der Waals surface area contributed by atoms with Gasteiger partial charge in [0.25, 0.3) is 0 Å². The fraction of sp³-hybridized carbons (Fsp3) is 0.115. The summed E-state index contributed by atoms with van der Waals surface area (Å²) in [6.07, 6.45) is 3.78. The minimum atomic E-state index is -0.490. The fourth-order valence-electron chi connectivity index (χ4n) is 3.54. The highest BCUT2D eigenvalue weighted by molar-refractivity contribution is 5.91. The molecule has 0 bridgehead atoms. The molecule has 1 aliphatic rings. The number of fused-ring (bicyclic) bond motifs is 1. The zero-order valence-corrected chi connectivity index (χ0v) is 17.7. The molecule has 3 aromatic carbocycles. The molecule has 2 heterocycles. The molecule has 1 amide bonds. The number of carbonyl (C=O) groups excluding carboxylic acids is 1. The lowest BCUT2D eigenvalue weighted by molar-refractivity contribution is -0.117. The number of benzene rings is 3. The van der Waals surface area contributed by atoms with Crippen LogP contribution in [0, 0.1) is 0 Å². The molecule has 33 heavy (non-hydrogen) atoms. The highest BCUT2D eigenvalue weighted by atomic mass is 16.7. The number of rotatable bonds is 7. The van der Waals surface area contributed by atoms with Crippen LogP contribution in [0.2, 0.25) is 0 Å². The van der Waals surface area contributed by atoms with E-state index in [0.717, 1.165) is 16.7 Å². The Hall–Kier alpha value is -4.39. The molecule has 1 aliphatic heterocycles. The maximum absolute atomic E-state index is 12.7. The number of aromatic nitrogens is 2. The van der Waals surface area contributed by atoms with Gasteiger partial charge < -0.3 is 19.3 Å². The highest BCUT2D eigenvalue weighted by Crippen LogP contribution is 2.35. The second-order valence-electron chi connectivity index (χ2n) is 7.52. The van der Waals surface area contributed by atoms with Crippen molar-refractivity contribution < 1.29 is 18.8 Å². The van der Waals surface area contributed by atoms with Gasteiger partial charge >= 0.3 is 0 Å². The molecule has 0 saturated heterocycles. The van der Waals surface area contributed by atoms with Gasteiger partial charge in [0.1, 0.15) is 6.04 Å². The normalized spacial score (nSPS) is 13.2. The molecule has 1 N–H and O–H groups in total. The topological polar surface area (TPSA) is 86.5 Å². The molecule has 0 aliphatic carbocycles. The second-order valence-corrected chi connectivity index (χ2v) is 7.52. The molecule has 0 spiro atoms. The van der Waals surface area contributed by atoms with E-state index < -0.39 is 6.04 Å². The summed E-state index contributed by atoms with van der Waals surface area (Å²) in [5.41, 5.74) is 2.72. The van der Waals surface area contributed by atoms with Gasteiger partial charge in [-0.1, -0.05) is 65.8 Å². The predicted octanol–water partition coefficient (Wildman–Crippen LogP) is 4.58. The average Bonchev–Trinajstić information content (AvgIpc) is 3.53. The largest absolute Gasteiger partial charge is 0.454 e. The monoisotopic (exact) mass is 439 g/mol. The number of hydrogen-bond acceptors (Lipinski definition) is 6. The first-order valence-electron chi connectivity index (χ1n) is 10.6. The molecule has 5 rings (SSSR count). The molecule has 7 nitrogen and oxygen atoms in total. The van der Waals surface area contributed by atoms with E-state index in [1.54, 1.807) is 6.08 Å². The summed E-state index contributed by atoms with van der Waals surface area (Å²) >= 11 is 0. The van der Waals surface area contributed by atoms with Crippen LogP contribution in [0.4, 0.5) is 0 Å². The van der Waals surface area contributed by atoms with Gasteiger partial charge in [0.2, 0.25) is 24.4 Å². The first-order valence-corrected chi connectivity index (χ1v) is 10.6. The van der Waals surface area contributed by atoms with E-state index in [4.69, 9.17) is 14.0 Å². The van der Waals surface area contributed by atoms with E-state index >= 15 is 0 Å². The minimum absolute atomic E-state index is 0.192. The van der Waals surface area contributed by atoms with Crippen molar-refractivity contribution in [2.45, 2.75) is 12.5 Å². The first kappa shape index (κ1) is 20.5. The van der Waals surface area contributed by atoms with Gasteiger partial charge in [-0.25, -0.2) is 0 Å². The zero-order valence-electron chi connectivity index (χ0n) is 17.7. The summed E-state index contributed by atoms with van der Waals surface area (Å²) in [7, 11) is 0. The SMILES string of the molecule is O=C(/C=C/c1ccccc1)NC(Cc1ccccc1)c1nc(-c2ccc3c(c2)OCO3)no1. The molecule has 1 atom stereocenters. The molecule has 1 unspecified atom stereocenters. The van der Waals surface area contributed by atoms with Crippen LogP contribution >= 0.6 is 0 Å². The predicted molar refractivity (Wildman–Crippen MR) is 122 cm³/mol. The van der Waals surface area contributed by atoms with Crippen molar-refractivity contribution in [3.05, 3.63) is 102 Å². The second kappa shape index (κ2) is 9.40. The summed E-state index contributed by atoms with van der Waals surface area (Å²) < 4.78 is 16.4. The average molecular weight is 439 g/mol. The minimum Gasteiger partial charge on any atom is -0.454 e. The van der Waals surface area contributed by atoms with Gasteiger partial charge in [0.05, 0.1) is 0 Å². The molecule has 1 aromatic heterocycles. The van der Waals surface area contributed by atoms with Crippen LogP contribution in [0.3, 0.4) is 0 Å². The van der Waals surface area contributed by atoms with Crippen molar-refractivity contribution in [3.63, 3.8) is 0 Å². The maximum atomic E-state index is 12.7. The van der Waals surface area contributed by atoms with Gasteiger partial charge in [-0.05, 0) is 35.4 Å². The van der Waals surface area contributed by atoms with Gasteiger partial charge in [0.15, 0.2) is 11.5 Å². The van der Waals surface area contributed by atoms with E-state index in [1.165, 1.54) is 6.08 Å².